The van der Waals surface area contributed by atoms with Crippen LogP contribution in [0.25, 0.3) is 0 Å². The summed E-state index contributed by atoms with van der Waals surface area (Å²) in [7, 11) is 3.46. The maximum Gasteiger partial charge on any atom is 0.122 e. The van der Waals surface area contributed by atoms with Gasteiger partial charge in [0, 0.05) is 6.04 Å². The van der Waals surface area contributed by atoms with Crippen LogP contribution in [0.1, 0.15) is 57.1 Å². The predicted octanol–water partition coefficient (Wildman–Crippen LogP) is 4.11. The Hall–Kier alpha value is -1.22. The number of ether oxygens (including phenoxy) is 2. The summed E-state index contributed by atoms with van der Waals surface area (Å²) in [6.07, 6.45) is 7.85. The zero-order valence-electron chi connectivity index (χ0n) is 14.1. The van der Waals surface area contributed by atoms with Gasteiger partial charge < -0.3 is 15.2 Å². The summed E-state index contributed by atoms with van der Waals surface area (Å²) in [5.41, 5.74) is 8.45. The Balaban J connectivity index is 2.88. The summed E-state index contributed by atoms with van der Waals surface area (Å²) < 4.78 is 11.1. The highest BCUT2D eigenvalue weighted by Crippen LogP contribution is 2.31. The van der Waals surface area contributed by atoms with E-state index in [4.69, 9.17) is 15.2 Å². The molecule has 2 N–H and O–H groups in total. The van der Waals surface area contributed by atoms with E-state index in [2.05, 4.69) is 26.0 Å². The molecule has 3 heteroatoms. The first kappa shape index (κ1) is 17.8. The maximum absolute atomic E-state index is 6.08. The van der Waals surface area contributed by atoms with Crippen molar-refractivity contribution < 1.29 is 9.47 Å². The molecular formula is C18H31NO2. The minimum atomic E-state index is 0.166. The van der Waals surface area contributed by atoms with Gasteiger partial charge in [0.25, 0.3) is 0 Å². The second kappa shape index (κ2) is 9.67. The van der Waals surface area contributed by atoms with Gasteiger partial charge in [0.2, 0.25) is 0 Å². The van der Waals surface area contributed by atoms with Crippen molar-refractivity contribution in [2.75, 3.05) is 14.2 Å². The average Bonchev–Trinajstić information content (AvgIpc) is 2.51. The van der Waals surface area contributed by atoms with Crippen molar-refractivity contribution in [3.63, 3.8) is 0 Å². The zero-order chi connectivity index (χ0) is 15.7. The first-order valence-corrected chi connectivity index (χ1v) is 8.15. The third-order valence-electron chi connectivity index (χ3n) is 3.99. The maximum atomic E-state index is 6.08. The van der Waals surface area contributed by atoms with Crippen LogP contribution in [0.3, 0.4) is 0 Å². The second-order valence-corrected chi connectivity index (χ2v) is 5.66. The van der Waals surface area contributed by atoms with Gasteiger partial charge in [-0.05, 0) is 48.9 Å². The Morgan fingerprint density at radius 1 is 0.952 bits per heavy atom. The van der Waals surface area contributed by atoms with Crippen LogP contribution in [0, 0.1) is 0 Å². The molecule has 0 aromatic heterocycles. The van der Waals surface area contributed by atoms with Crippen molar-refractivity contribution >= 4 is 0 Å². The first-order valence-electron chi connectivity index (χ1n) is 8.15. The van der Waals surface area contributed by atoms with Crippen LogP contribution < -0.4 is 15.2 Å². The molecule has 0 aliphatic heterocycles. The third kappa shape index (κ3) is 5.58. The van der Waals surface area contributed by atoms with Gasteiger partial charge in [-0.3, -0.25) is 0 Å². The summed E-state index contributed by atoms with van der Waals surface area (Å²) in [5, 5.41) is 0. The van der Waals surface area contributed by atoms with Crippen LogP contribution in [0.5, 0.6) is 11.5 Å². The fourth-order valence-electron chi connectivity index (χ4n) is 2.55. The SMILES string of the molecule is CCCCCCc1cc(OC)c(C[C@H](N)CC)cc1OC. The quantitative estimate of drug-likeness (QED) is 0.660. The monoisotopic (exact) mass is 293 g/mol. The number of methoxy groups -OCH3 is 2. The molecule has 0 aliphatic rings. The van der Waals surface area contributed by atoms with Gasteiger partial charge in [0.1, 0.15) is 11.5 Å². The lowest BCUT2D eigenvalue weighted by atomic mass is 9.98. The van der Waals surface area contributed by atoms with Crippen molar-refractivity contribution in [2.24, 2.45) is 5.73 Å². The third-order valence-corrected chi connectivity index (χ3v) is 3.99. The molecule has 1 aromatic rings. The van der Waals surface area contributed by atoms with E-state index in [-0.39, 0.29) is 6.04 Å². The highest BCUT2D eigenvalue weighted by molar-refractivity contribution is 5.47. The molecule has 0 aliphatic carbocycles. The Labute approximate surface area is 129 Å². The van der Waals surface area contributed by atoms with E-state index in [1.54, 1.807) is 14.2 Å². The van der Waals surface area contributed by atoms with Crippen LogP contribution in [-0.4, -0.2) is 20.3 Å². The Morgan fingerprint density at radius 3 is 2.14 bits per heavy atom. The summed E-state index contributed by atoms with van der Waals surface area (Å²) in [6, 6.07) is 4.39. The van der Waals surface area contributed by atoms with Crippen LogP contribution in [0.2, 0.25) is 0 Å². The molecule has 0 saturated carbocycles. The second-order valence-electron chi connectivity index (χ2n) is 5.66. The van der Waals surface area contributed by atoms with E-state index in [0.29, 0.717) is 0 Å². The van der Waals surface area contributed by atoms with Gasteiger partial charge in [0.05, 0.1) is 14.2 Å². The average molecular weight is 293 g/mol. The van der Waals surface area contributed by atoms with Crippen LogP contribution in [0.15, 0.2) is 12.1 Å². The normalized spacial score (nSPS) is 12.2. The van der Waals surface area contributed by atoms with E-state index in [9.17, 15) is 0 Å². The number of hydrogen-bond donors (Lipinski definition) is 1. The zero-order valence-corrected chi connectivity index (χ0v) is 14.1. The summed E-state index contributed by atoms with van der Waals surface area (Å²) in [6.45, 7) is 4.34. The molecule has 0 unspecified atom stereocenters. The molecule has 3 nitrogen and oxygen atoms in total. The van der Waals surface area contributed by atoms with E-state index < -0.39 is 0 Å². The highest BCUT2D eigenvalue weighted by Gasteiger charge is 2.13. The Bertz CT molecular complexity index is 418. The standard InChI is InChI=1S/C18H31NO2/c1-5-7-8-9-10-14-12-18(21-4)15(11-16(19)6-2)13-17(14)20-3/h12-13,16H,5-11,19H2,1-4H3/t16-/m1/s1. The number of unbranched alkanes of at least 4 members (excludes halogenated alkanes) is 3. The van der Waals surface area contributed by atoms with Crippen LogP contribution in [-0.2, 0) is 12.8 Å². The lowest BCUT2D eigenvalue weighted by Gasteiger charge is -2.17. The number of aryl methyl sites for hydroxylation is 1. The van der Waals surface area contributed by atoms with E-state index >= 15 is 0 Å². The van der Waals surface area contributed by atoms with Gasteiger partial charge >= 0.3 is 0 Å². The van der Waals surface area contributed by atoms with Crippen molar-refractivity contribution in [3.05, 3.63) is 23.3 Å². The van der Waals surface area contributed by atoms with E-state index in [0.717, 1.165) is 36.3 Å². The molecule has 0 spiro atoms. The Kier molecular flexibility index (Phi) is 8.21. The summed E-state index contributed by atoms with van der Waals surface area (Å²) in [5.74, 6) is 1.90. The number of hydrogen-bond acceptors (Lipinski definition) is 3. The topological polar surface area (TPSA) is 44.5 Å². The van der Waals surface area contributed by atoms with Crippen molar-refractivity contribution in [2.45, 2.75) is 64.8 Å². The molecule has 1 aromatic carbocycles. The van der Waals surface area contributed by atoms with Crippen molar-refractivity contribution in [3.8, 4) is 11.5 Å². The molecule has 0 radical (unpaired) electrons. The number of rotatable bonds is 10. The molecule has 0 heterocycles. The van der Waals surface area contributed by atoms with E-state index in [1.165, 1.54) is 31.2 Å². The summed E-state index contributed by atoms with van der Waals surface area (Å²) >= 11 is 0. The lowest BCUT2D eigenvalue weighted by molar-refractivity contribution is 0.392. The largest absolute Gasteiger partial charge is 0.496 e. The lowest BCUT2D eigenvalue weighted by Crippen LogP contribution is -2.21. The fourth-order valence-corrected chi connectivity index (χ4v) is 2.55. The molecule has 0 amide bonds. The van der Waals surface area contributed by atoms with Crippen molar-refractivity contribution in [1.82, 2.24) is 0 Å². The predicted molar refractivity (Wildman–Crippen MR) is 89.4 cm³/mol. The molecule has 120 valence electrons. The molecule has 0 saturated heterocycles. The van der Waals surface area contributed by atoms with Crippen molar-refractivity contribution in [1.29, 1.82) is 0 Å². The molecule has 21 heavy (non-hydrogen) atoms. The fraction of sp³-hybridized carbons (Fsp3) is 0.667. The minimum Gasteiger partial charge on any atom is -0.496 e. The van der Waals surface area contributed by atoms with E-state index in [1.807, 2.05) is 0 Å². The highest BCUT2D eigenvalue weighted by atomic mass is 16.5. The molecule has 1 rings (SSSR count). The molecule has 1 atom stereocenters. The minimum absolute atomic E-state index is 0.166. The Morgan fingerprint density at radius 2 is 1.57 bits per heavy atom. The van der Waals surface area contributed by atoms with Crippen LogP contribution >= 0.6 is 0 Å². The van der Waals surface area contributed by atoms with Gasteiger partial charge in [-0.25, -0.2) is 0 Å². The summed E-state index contributed by atoms with van der Waals surface area (Å²) in [4.78, 5) is 0. The smallest absolute Gasteiger partial charge is 0.122 e. The molecule has 0 fully saturated rings. The van der Waals surface area contributed by atoms with Gasteiger partial charge in [-0.2, -0.15) is 0 Å². The van der Waals surface area contributed by atoms with Gasteiger partial charge in [-0.15, -0.1) is 0 Å². The molecular weight excluding hydrogens is 262 g/mol. The first-order chi connectivity index (χ1) is 10.2. The number of benzene rings is 1. The van der Waals surface area contributed by atoms with Gasteiger partial charge in [-0.1, -0.05) is 33.1 Å². The van der Waals surface area contributed by atoms with Crippen LogP contribution in [0.4, 0.5) is 0 Å². The van der Waals surface area contributed by atoms with Gasteiger partial charge in [0.15, 0.2) is 0 Å². The molecule has 0 bridgehead atoms. The number of nitrogens with two attached hydrogens (primary N) is 1.